The number of anilines is 1. The predicted octanol–water partition coefficient (Wildman–Crippen LogP) is 5.32. The molecule has 0 unspecified atom stereocenters. The fourth-order valence-corrected chi connectivity index (χ4v) is 8.36. The number of hydrogen-bond acceptors (Lipinski definition) is 8. The maximum atomic E-state index is 14.3. The van der Waals surface area contributed by atoms with Gasteiger partial charge < -0.3 is 30.1 Å². The number of rotatable bonds is 8. The van der Waals surface area contributed by atoms with Crippen molar-refractivity contribution in [3.8, 4) is 5.75 Å². The normalized spacial score (nSPS) is 23.2. The van der Waals surface area contributed by atoms with Crippen LogP contribution in [0.1, 0.15) is 82.5 Å². The Kier molecular flexibility index (Phi) is 13.3. The van der Waals surface area contributed by atoms with E-state index >= 15 is 0 Å². The van der Waals surface area contributed by atoms with Crippen LogP contribution in [0.2, 0.25) is 0 Å². The number of likely N-dealkylation sites (N-methyl/N-ethyl adjacent to an activating group) is 1. The first-order valence-electron chi connectivity index (χ1n) is 16.4. The van der Waals surface area contributed by atoms with E-state index in [0.29, 0.717) is 18.0 Å². The van der Waals surface area contributed by atoms with Gasteiger partial charge in [-0.15, -0.1) is 11.3 Å². The van der Waals surface area contributed by atoms with Crippen molar-refractivity contribution in [1.29, 1.82) is 0 Å². The number of fused-ring (bicyclic) bond motifs is 1. The van der Waals surface area contributed by atoms with E-state index in [1.807, 2.05) is 13.8 Å². The molecule has 4 atom stereocenters. The standard InChI is InChI=1S/C33H50N4O7S2/c1-23-20-37(24(2)22-38)32(39)28-19-27(35-33(40)34-26-12-6-5-7-13-26)15-16-29(28)44-25(3)11-8-9-17-43-30(23)21-36(4)46(41,42)31-14-10-18-45-31/h10,14-16,18-19,23-26,30,38H,5-9,11-13,17,20-22H2,1-4H3,(H2,34,35,40)/t23-,24-,25-,30+/m0/s1. The second-order valence-corrected chi connectivity index (χ2v) is 15.9. The van der Waals surface area contributed by atoms with E-state index in [0.717, 1.165) is 44.9 Å². The van der Waals surface area contributed by atoms with Crippen LogP contribution < -0.4 is 15.4 Å². The summed E-state index contributed by atoms with van der Waals surface area (Å²) in [7, 11) is -2.16. The number of nitrogens with one attached hydrogen (secondary N) is 2. The molecule has 256 valence electrons. The molecule has 0 spiro atoms. The number of carbonyl (C=O) groups is 2. The minimum Gasteiger partial charge on any atom is -0.490 e. The minimum absolute atomic E-state index is 0.108. The Bertz CT molecular complexity index is 1380. The summed E-state index contributed by atoms with van der Waals surface area (Å²) >= 11 is 1.17. The zero-order valence-electron chi connectivity index (χ0n) is 27.4. The Morgan fingerprint density at radius 1 is 1.13 bits per heavy atom. The number of sulfonamides is 1. The van der Waals surface area contributed by atoms with Crippen LogP contribution in [0.15, 0.2) is 39.9 Å². The molecule has 2 aliphatic rings. The van der Waals surface area contributed by atoms with Gasteiger partial charge >= 0.3 is 6.03 Å². The number of aliphatic hydroxyl groups excluding tert-OH is 1. The molecule has 1 aliphatic heterocycles. The van der Waals surface area contributed by atoms with Gasteiger partial charge in [-0.2, -0.15) is 4.31 Å². The first kappa shape index (κ1) is 36.1. The second kappa shape index (κ2) is 16.9. The summed E-state index contributed by atoms with van der Waals surface area (Å²) in [5.74, 6) is -0.236. The topological polar surface area (TPSA) is 138 Å². The molecule has 3 amide bonds. The lowest BCUT2D eigenvalue weighted by Crippen LogP contribution is -2.48. The Hall–Kier alpha value is -2.71. The number of amides is 3. The number of nitrogens with zero attached hydrogens (tertiary/aromatic N) is 2. The van der Waals surface area contributed by atoms with Crippen LogP contribution in [0.5, 0.6) is 5.75 Å². The third kappa shape index (κ3) is 9.66. The molecule has 2 heterocycles. The van der Waals surface area contributed by atoms with Crippen molar-refractivity contribution >= 4 is 39.0 Å². The largest absolute Gasteiger partial charge is 0.490 e. The smallest absolute Gasteiger partial charge is 0.319 e. The SMILES string of the molecule is C[C@H]1CCCCO[C@H](CN(C)S(=O)(=O)c2cccs2)[C@@H](C)CN([C@@H](C)CO)C(=O)c2cc(NC(=O)NC3CCCCC3)ccc2O1. The van der Waals surface area contributed by atoms with Crippen molar-refractivity contribution in [2.45, 2.75) is 101 Å². The number of benzene rings is 1. The molecule has 13 heteroatoms. The first-order chi connectivity index (χ1) is 22.0. The molecule has 1 aliphatic carbocycles. The molecule has 2 aromatic rings. The van der Waals surface area contributed by atoms with Crippen molar-refractivity contribution in [2.75, 3.05) is 38.7 Å². The van der Waals surface area contributed by atoms with E-state index < -0.39 is 22.2 Å². The number of hydrogen-bond donors (Lipinski definition) is 3. The summed E-state index contributed by atoms with van der Waals surface area (Å²) in [6, 6.07) is 7.64. The molecule has 0 bridgehead atoms. The van der Waals surface area contributed by atoms with Gasteiger partial charge in [-0.25, -0.2) is 13.2 Å². The van der Waals surface area contributed by atoms with Gasteiger partial charge in [0, 0.05) is 44.4 Å². The Labute approximate surface area is 277 Å². The summed E-state index contributed by atoms with van der Waals surface area (Å²) in [6.07, 6.45) is 6.90. The maximum Gasteiger partial charge on any atom is 0.319 e. The zero-order chi connectivity index (χ0) is 33.3. The Morgan fingerprint density at radius 3 is 2.57 bits per heavy atom. The summed E-state index contributed by atoms with van der Waals surface area (Å²) in [5.41, 5.74) is 0.741. The summed E-state index contributed by atoms with van der Waals surface area (Å²) < 4.78 is 40.6. The van der Waals surface area contributed by atoms with Crippen LogP contribution in [0.4, 0.5) is 10.5 Å². The fourth-order valence-electron chi connectivity index (χ4n) is 5.98. The number of thiophene rings is 1. The molecule has 1 aromatic heterocycles. The summed E-state index contributed by atoms with van der Waals surface area (Å²) in [4.78, 5) is 28.8. The van der Waals surface area contributed by atoms with E-state index in [4.69, 9.17) is 9.47 Å². The van der Waals surface area contributed by atoms with Gasteiger partial charge in [0.2, 0.25) is 0 Å². The highest BCUT2D eigenvalue weighted by molar-refractivity contribution is 7.91. The van der Waals surface area contributed by atoms with E-state index in [2.05, 4.69) is 10.6 Å². The molecule has 3 N–H and O–H groups in total. The first-order valence-corrected chi connectivity index (χ1v) is 18.7. The fraction of sp³-hybridized carbons (Fsp3) is 0.636. The van der Waals surface area contributed by atoms with Crippen molar-refractivity contribution in [1.82, 2.24) is 14.5 Å². The lowest BCUT2D eigenvalue weighted by atomic mass is 9.96. The molecule has 1 saturated carbocycles. The number of ether oxygens (including phenoxy) is 2. The maximum absolute atomic E-state index is 14.3. The van der Waals surface area contributed by atoms with Gasteiger partial charge in [-0.3, -0.25) is 4.79 Å². The molecule has 4 rings (SSSR count). The van der Waals surface area contributed by atoms with Gasteiger partial charge in [-0.05, 0) is 75.6 Å². The van der Waals surface area contributed by atoms with Gasteiger partial charge in [0.25, 0.3) is 15.9 Å². The van der Waals surface area contributed by atoms with Crippen molar-refractivity contribution in [2.24, 2.45) is 5.92 Å². The lowest BCUT2D eigenvalue weighted by Gasteiger charge is -2.35. The van der Waals surface area contributed by atoms with Crippen LogP contribution in [0, 0.1) is 5.92 Å². The molecular formula is C33H50N4O7S2. The molecule has 1 fully saturated rings. The molecule has 11 nitrogen and oxygen atoms in total. The summed E-state index contributed by atoms with van der Waals surface area (Å²) in [5, 5.41) is 17.9. The van der Waals surface area contributed by atoms with Crippen LogP contribution in [-0.2, 0) is 14.8 Å². The van der Waals surface area contributed by atoms with E-state index in [-0.39, 0.29) is 59.5 Å². The molecule has 1 aromatic carbocycles. The van der Waals surface area contributed by atoms with Crippen molar-refractivity contribution in [3.05, 3.63) is 41.3 Å². The van der Waals surface area contributed by atoms with Gasteiger partial charge in [0.05, 0.1) is 30.4 Å². The molecule has 0 radical (unpaired) electrons. The van der Waals surface area contributed by atoms with Gasteiger partial charge in [-0.1, -0.05) is 32.3 Å². The van der Waals surface area contributed by atoms with Crippen LogP contribution in [0.25, 0.3) is 0 Å². The predicted molar refractivity (Wildman–Crippen MR) is 180 cm³/mol. The number of urea groups is 1. The monoisotopic (exact) mass is 678 g/mol. The van der Waals surface area contributed by atoms with Crippen LogP contribution >= 0.6 is 11.3 Å². The zero-order valence-corrected chi connectivity index (χ0v) is 29.1. The number of aliphatic hydroxyl groups is 1. The molecule has 46 heavy (non-hydrogen) atoms. The van der Waals surface area contributed by atoms with Crippen LogP contribution in [0.3, 0.4) is 0 Å². The second-order valence-electron chi connectivity index (χ2n) is 12.7. The molecule has 0 saturated heterocycles. The third-order valence-electron chi connectivity index (χ3n) is 8.85. The minimum atomic E-state index is -3.70. The third-order valence-corrected chi connectivity index (χ3v) is 12.0. The average molecular weight is 679 g/mol. The van der Waals surface area contributed by atoms with Gasteiger partial charge in [0.15, 0.2) is 0 Å². The van der Waals surface area contributed by atoms with Crippen molar-refractivity contribution in [3.63, 3.8) is 0 Å². The Morgan fingerprint density at radius 2 is 1.87 bits per heavy atom. The van der Waals surface area contributed by atoms with E-state index in [9.17, 15) is 23.1 Å². The highest BCUT2D eigenvalue weighted by atomic mass is 32.2. The molecular weight excluding hydrogens is 629 g/mol. The highest BCUT2D eigenvalue weighted by Crippen LogP contribution is 2.29. The lowest BCUT2D eigenvalue weighted by molar-refractivity contribution is -0.00832. The van der Waals surface area contributed by atoms with Crippen LogP contribution in [-0.4, -0.2) is 92.3 Å². The summed E-state index contributed by atoms with van der Waals surface area (Å²) in [6.45, 7) is 6.12. The van der Waals surface area contributed by atoms with E-state index in [1.165, 1.54) is 22.1 Å². The van der Waals surface area contributed by atoms with Crippen molar-refractivity contribution < 1.29 is 32.6 Å². The quantitative estimate of drug-likeness (QED) is 0.344. The average Bonchev–Trinajstić information content (AvgIpc) is 3.59. The van der Waals surface area contributed by atoms with E-state index in [1.54, 1.807) is 54.6 Å². The Balaban J connectivity index is 1.60. The van der Waals surface area contributed by atoms with Gasteiger partial charge in [0.1, 0.15) is 9.96 Å². The highest BCUT2D eigenvalue weighted by Gasteiger charge is 2.32. The number of carbonyl (C=O) groups excluding carboxylic acids is 2.